The average Bonchev–Trinajstić information content (AvgIpc) is 2.87. The van der Waals surface area contributed by atoms with Gasteiger partial charge in [-0.2, -0.15) is 5.26 Å². The third-order valence-corrected chi connectivity index (χ3v) is 7.94. The van der Waals surface area contributed by atoms with E-state index in [0.717, 1.165) is 37.0 Å². The quantitative estimate of drug-likeness (QED) is 0.160. The van der Waals surface area contributed by atoms with Crippen LogP contribution < -0.4 is 0 Å². The Morgan fingerprint density at radius 1 is 1.03 bits per heavy atom. The van der Waals surface area contributed by atoms with E-state index in [4.69, 9.17) is 5.26 Å². The van der Waals surface area contributed by atoms with Gasteiger partial charge < -0.3 is 0 Å². The summed E-state index contributed by atoms with van der Waals surface area (Å²) in [7, 11) is 0. The van der Waals surface area contributed by atoms with E-state index in [0.29, 0.717) is 11.8 Å². The van der Waals surface area contributed by atoms with Gasteiger partial charge in [0.25, 0.3) is 0 Å². The highest BCUT2D eigenvalue weighted by Gasteiger charge is 2.36. The molecule has 1 saturated carbocycles. The minimum atomic E-state index is 0.500. The van der Waals surface area contributed by atoms with Crippen molar-refractivity contribution >= 4 is 0 Å². The molecule has 1 fully saturated rings. The summed E-state index contributed by atoms with van der Waals surface area (Å²) in [4.78, 5) is 0. The van der Waals surface area contributed by atoms with Crippen LogP contribution in [-0.4, -0.2) is 0 Å². The van der Waals surface area contributed by atoms with Crippen molar-refractivity contribution in [2.45, 2.75) is 139 Å². The topological polar surface area (TPSA) is 23.8 Å². The number of nitriles is 1. The highest BCUT2D eigenvalue weighted by molar-refractivity contribution is 5.18. The molecule has 0 amide bonds. The number of nitrogens with zero attached hydrogens (tertiary/aromatic N) is 1. The predicted octanol–water partition coefficient (Wildman–Crippen LogP) is 12.1. The zero-order chi connectivity index (χ0) is 27.9. The van der Waals surface area contributed by atoms with Gasteiger partial charge in [-0.15, -0.1) is 0 Å². The molecule has 0 radical (unpaired) electrons. The Morgan fingerprint density at radius 3 is 2.35 bits per heavy atom. The fraction of sp³-hybridized carbons (Fsp3) is 0.694. The second kappa shape index (κ2) is 22.2. The van der Waals surface area contributed by atoms with E-state index in [-0.39, 0.29) is 0 Å². The van der Waals surface area contributed by atoms with Crippen LogP contribution in [0.1, 0.15) is 139 Å². The third-order valence-electron chi connectivity index (χ3n) is 7.94. The molecule has 0 aromatic heterocycles. The van der Waals surface area contributed by atoms with Crippen molar-refractivity contribution in [1.82, 2.24) is 0 Å². The molecule has 0 aliphatic heterocycles. The average molecular weight is 508 g/mol. The lowest BCUT2D eigenvalue weighted by Crippen LogP contribution is -2.31. The zero-order valence-corrected chi connectivity index (χ0v) is 26.0. The Balaban J connectivity index is 0.00000235. The molecule has 1 rings (SSSR count). The summed E-state index contributed by atoms with van der Waals surface area (Å²) in [6.45, 7) is 18.1. The molecule has 37 heavy (non-hydrogen) atoms. The van der Waals surface area contributed by atoms with E-state index in [1.54, 1.807) is 0 Å². The second-order valence-corrected chi connectivity index (χ2v) is 11.7. The Morgan fingerprint density at radius 2 is 1.76 bits per heavy atom. The maximum atomic E-state index is 8.63. The summed E-state index contributed by atoms with van der Waals surface area (Å²) < 4.78 is 0. The fourth-order valence-electron chi connectivity index (χ4n) is 5.46. The number of allylic oxidation sites excluding steroid dienone is 10. The van der Waals surface area contributed by atoms with Crippen LogP contribution in [0.5, 0.6) is 0 Å². The Hall–Kier alpha value is -1.81. The van der Waals surface area contributed by atoms with Crippen LogP contribution in [0, 0.1) is 34.5 Å². The summed E-state index contributed by atoms with van der Waals surface area (Å²) in [5, 5.41) is 8.63. The minimum Gasteiger partial charge on any atom is -0.198 e. The Bertz CT molecular complexity index is 756. The maximum absolute atomic E-state index is 8.63. The maximum Gasteiger partial charge on any atom is 0.0663 e. The summed E-state index contributed by atoms with van der Waals surface area (Å²) in [6.07, 6.45) is 34.1. The molecular weight excluding hydrogens is 446 g/mol. The molecule has 1 aliphatic carbocycles. The smallest absolute Gasteiger partial charge is 0.0663 e. The van der Waals surface area contributed by atoms with Gasteiger partial charge in [0.05, 0.1) is 12.5 Å². The summed E-state index contributed by atoms with van der Waals surface area (Å²) >= 11 is 0. The van der Waals surface area contributed by atoms with E-state index < -0.39 is 0 Å². The molecule has 0 aromatic carbocycles. The molecular formula is C36H61N. The van der Waals surface area contributed by atoms with Gasteiger partial charge in [-0.3, -0.25) is 0 Å². The standard InChI is InChI=1S/C31H51N.C5H10/c1-7-9-17-29-21-23-31(6,25-30(29)19-18-26(3)13-8-2)22-20-28(5)16-12-15-27(4)14-10-11-24-32;1-3-5-4-2/h10,13-15,18-19,28-30H,7-9,11-12,16-17,20-23,25H2,1-6H3;3,5H,4H2,1-2H3/b14-10+,19-18+,26-13+,27-15+;5-3+. The van der Waals surface area contributed by atoms with Crippen molar-refractivity contribution in [1.29, 1.82) is 5.26 Å². The van der Waals surface area contributed by atoms with Crippen molar-refractivity contribution in [3.63, 3.8) is 0 Å². The van der Waals surface area contributed by atoms with Gasteiger partial charge in [0.1, 0.15) is 0 Å². The molecule has 4 atom stereocenters. The predicted molar refractivity (Wildman–Crippen MR) is 168 cm³/mol. The molecule has 1 nitrogen and oxygen atoms in total. The molecule has 1 aliphatic rings. The normalized spacial score (nSPS) is 23.9. The summed E-state index contributed by atoms with van der Waals surface area (Å²) in [5.41, 5.74) is 3.21. The molecule has 210 valence electrons. The molecule has 0 heterocycles. The summed E-state index contributed by atoms with van der Waals surface area (Å²) in [5.74, 6) is 2.41. The first-order valence-corrected chi connectivity index (χ1v) is 15.4. The van der Waals surface area contributed by atoms with Gasteiger partial charge in [0.2, 0.25) is 0 Å². The van der Waals surface area contributed by atoms with Crippen molar-refractivity contribution in [3.8, 4) is 6.07 Å². The van der Waals surface area contributed by atoms with Crippen LogP contribution in [0.3, 0.4) is 0 Å². The lowest BCUT2D eigenvalue weighted by atomic mass is 9.63. The van der Waals surface area contributed by atoms with Crippen LogP contribution >= 0.6 is 0 Å². The van der Waals surface area contributed by atoms with Crippen LogP contribution in [0.4, 0.5) is 0 Å². The van der Waals surface area contributed by atoms with E-state index in [1.807, 2.05) is 13.0 Å². The molecule has 0 saturated heterocycles. The lowest BCUT2D eigenvalue weighted by molar-refractivity contribution is 0.105. The van der Waals surface area contributed by atoms with Crippen molar-refractivity contribution in [3.05, 3.63) is 59.8 Å². The van der Waals surface area contributed by atoms with Crippen molar-refractivity contribution < 1.29 is 0 Å². The first-order chi connectivity index (χ1) is 17.7. The number of hydrogen-bond acceptors (Lipinski definition) is 1. The highest BCUT2D eigenvalue weighted by atomic mass is 14.4. The monoisotopic (exact) mass is 507 g/mol. The Labute approximate surface area is 232 Å². The first-order valence-electron chi connectivity index (χ1n) is 15.4. The molecule has 1 heteroatoms. The van der Waals surface area contributed by atoms with Gasteiger partial charge in [0.15, 0.2) is 0 Å². The highest BCUT2D eigenvalue weighted by Crippen LogP contribution is 2.47. The van der Waals surface area contributed by atoms with Gasteiger partial charge in [-0.1, -0.05) is 114 Å². The summed E-state index contributed by atoms with van der Waals surface area (Å²) in [6, 6.07) is 2.16. The molecule has 0 aromatic rings. The molecule has 0 bridgehead atoms. The van der Waals surface area contributed by atoms with E-state index in [1.165, 1.54) is 68.9 Å². The number of unbranched alkanes of at least 4 members (excludes halogenated alkanes) is 1. The van der Waals surface area contributed by atoms with Gasteiger partial charge in [-0.25, -0.2) is 0 Å². The number of hydrogen-bond donors (Lipinski definition) is 0. The SMILES string of the molecule is C/C=C/CC.CC/C=C(C)/C=C/C1CC(C)(CCC(C)CC/C=C(C)/C=C/CC#N)CCC1CCCC. The molecule has 0 spiro atoms. The van der Waals surface area contributed by atoms with E-state index in [2.05, 4.69) is 97.1 Å². The van der Waals surface area contributed by atoms with Gasteiger partial charge >= 0.3 is 0 Å². The fourth-order valence-corrected chi connectivity index (χ4v) is 5.46. The van der Waals surface area contributed by atoms with Crippen LogP contribution in [-0.2, 0) is 0 Å². The van der Waals surface area contributed by atoms with Crippen LogP contribution in [0.15, 0.2) is 59.8 Å². The minimum absolute atomic E-state index is 0.500. The van der Waals surface area contributed by atoms with E-state index in [9.17, 15) is 0 Å². The second-order valence-electron chi connectivity index (χ2n) is 11.7. The van der Waals surface area contributed by atoms with Gasteiger partial charge in [0, 0.05) is 0 Å². The zero-order valence-electron chi connectivity index (χ0n) is 26.0. The van der Waals surface area contributed by atoms with Crippen LogP contribution in [0.2, 0.25) is 0 Å². The van der Waals surface area contributed by atoms with Crippen molar-refractivity contribution in [2.24, 2.45) is 23.2 Å². The molecule has 0 N–H and O–H groups in total. The first kappa shape index (κ1) is 35.2. The van der Waals surface area contributed by atoms with Crippen LogP contribution in [0.25, 0.3) is 0 Å². The largest absolute Gasteiger partial charge is 0.198 e. The molecule has 4 unspecified atom stereocenters. The lowest BCUT2D eigenvalue weighted by Gasteiger charge is -2.42. The number of rotatable bonds is 15. The van der Waals surface area contributed by atoms with Crippen molar-refractivity contribution in [2.75, 3.05) is 0 Å². The van der Waals surface area contributed by atoms with E-state index >= 15 is 0 Å². The van der Waals surface area contributed by atoms with Gasteiger partial charge in [-0.05, 0) is 102 Å². The Kier molecular flexibility index (Phi) is 21.1. The third kappa shape index (κ3) is 18.1.